The fourth-order valence-electron chi connectivity index (χ4n) is 3.37. The van der Waals surface area contributed by atoms with Gasteiger partial charge in [-0.1, -0.05) is 29.8 Å². The van der Waals surface area contributed by atoms with E-state index in [0.717, 1.165) is 0 Å². The number of nitro groups is 1. The fraction of sp³-hybridized carbons (Fsp3) is 0.0741. The number of nitro benzene ring substituents is 1. The third kappa shape index (κ3) is 6.19. The molecule has 1 heterocycles. The van der Waals surface area contributed by atoms with Gasteiger partial charge in [0.15, 0.2) is 23.9 Å². The maximum atomic E-state index is 12.4. The molecule has 10 heteroatoms. The molecule has 8 nitrogen and oxygen atoms in total. The Hall–Kier alpha value is -4.52. The molecule has 4 aromatic rings. The second kappa shape index (κ2) is 11.5. The van der Waals surface area contributed by atoms with Crippen LogP contribution in [0.3, 0.4) is 0 Å². The van der Waals surface area contributed by atoms with Crippen LogP contribution in [-0.2, 0) is 0 Å². The second-order valence-corrected chi connectivity index (χ2v) is 8.94. The van der Waals surface area contributed by atoms with E-state index in [2.05, 4.69) is 11.1 Å². The summed E-state index contributed by atoms with van der Waals surface area (Å²) in [6, 6.07) is 19.9. The van der Waals surface area contributed by atoms with Crippen molar-refractivity contribution in [3.8, 4) is 28.8 Å². The lowest BCUT2D eigenvalue weighted by Crippen LogP contribution is -2.12. The standard InChI is InChI=1S/C27H18ClN3O5S/c1-35-26-12-17(5-10-25(26)36-15-24(32)18-6-8-21(28)9-7-18)11-20(14-29)27-30-23(16-37-27)19-3-2-4-22(13-19)31(33)34/h2-13,16H,15H2,1H3/b20-11-. The van der Waals surface area contributed by atoms with Gasteiger partial charge in [0.25, 0.3) is 5.69 Å². The summed E-state index contributed by atoms with van der Waals surface area (Å²) in [5, 5.41) is 23.6. The van der Waals surface area contributed by atoms with Gasteiger partial charge in [-0.15, -0.1) is 11.3 Å². The van der Waals surface area contributed by atoms with Crippen molar-refractivity contribution in [3.63, 3.8) is 0 Å². The van der Waals surface area contributed by atoms with Gasteiger partial charge in [0.2, 0.25) is 0 Å². The summed E-state index contributed by atoms with van der Waals surface area (Å²) in [5.41, 5.74) is 2.55. The lowest BCUT2D eigenvalue weighted by atomic mass is 10.1. The van der Waals surface area contributed by atoms with Gasteiger partial charge in [0.05, 0.1) is 23.3 Å². The van der Waals surface area contributed by atoms with Crippen molar-refractivity contribution < 1.29 is 19.2 Å². The smallest absolute Gasteiger partial charge is 0.270 e. The van der Waals surface area contributed by atoms with E-state index in [-0.39, 0.29) is 18.1 Å². The molecule has 0 N–H and O–H groups in total. The van der Waals surface area contributed by atoms with Gasteiger partial charge in [-0.05, 0) is 48.0 Å². The van der Waals surface area contributed by atoms with Crippen molar-refractivity contribution in [1.29, 1.82) is 5.26 Å². The topological polar surface area (TPSA) is 115 Å². The van der Waals surface area contributed by atoms with E-state index >= 15 is 0 Å². The number of allylic oxidation sites excluding steroid dienone is 1. The predicted octanol–water partition coefficient (Wildman–Crippen LogP) is 6.71. The molecule has 0 bridgehead atoms. The number of methoxy groups -OCH3 is 1. The molecular formula is C27H18ClN3O5S. The number of nitriles is 1. The Morgan fingerprint density at radius 2 is 1.95 bits per heavy atom. The highest BCUT2D eigenvalue weighted by atomic mass is 35.5. The Morgan fingerprint density at radius 3 is 2.65 bits per heavy atom. The van der Waals surface area contributed by atoms with Gasteiger partial charge < -0.3 is 9.47 Å². The van der Waals surface area contributed by atoms with Gasteiger partial charge in [-0.3, -0.25) is 14.9 Å². The molecule has 0 saturated carbocycles. The minimum Gasteiger partial charge on any atom is -0.493 e. The third-order valence-electron chi connectivity index (χ3n) is 5.23. The van der Waals surface area contributed by atoms with Crippen molar-refractivity contribution in [2.24, 2.45) is 0 Å². The van der Waals surface area contributed by atoms with Gasteiger partial charge in [-0.25, -0.2) is 4.98 Å². The second-order valence-electron chi connectivity index (χ2n) is 7.64. The van der Waals surface area contributed by atoms with Crippen LogP contribution in [0.25, 0.3) is 22.9 Å². The molecular weight excluding hydrogens is 514 g/mol. The summed E-state index contributed by atoms with van der Waals surface area (Å²) in [6.07, 6.45) is 1.65. The molecule has 0 radical (unpaired) electrons. The number of hydrogen-bond acceptors (Lipinski definition) is 8. The summed E-state index contributed by atoms with van der Waals surface area (Å²) >= 11 is 7.13. The number of aromatic nitrogens is 1. The lowest BCUT2D eigenvalue weighted by molar-refractivity contribution is -0.384. The number of Topliss-reactive ketones (excluding diaryl/α,β-unsaturated/α-hetero) is 1. The van der Waals surface area contributed by atoms with Crippen LogP contribution >= 0.6 is 22.9 Å². The Balaban J connectivity index is 1.52. The average Bonchev–Trinajstić information content (AvgIpc) is 3.41. The van der Waals surface area contributed by atoms with Crippen LogP contribution in [0.5, 0.6) is 11.5 Å². The molecule has 0 spiro atoms. The predicted molar refractivity (Wildman–Crippen MR) is 142 cm³/mol. The van der Waals surface area contributed by atoms with Crippen molar-refractivity contribution in [2.45, 2.75) is 0 Å². The molecule has 3 aromatic carbocycles. The molecule has 0 atom stereocenters. The van der Waals surface area contributed by atoms with E-state index in [1.165, 1.54) is 30.6 Å². The van der Waals surface area contributed by atoms with E-state index in [4.69, 9.17) is 21.1 Å². The molecule has 0 unspecified atom stereocenters. The number of hydrogen-bond donors (Lipinski definition) is 0. The number of halogens is 1. The zero-order valence-corrected chi connectivity index (χ0v) is 21.0. The molecule has 37 heavy (non-hydrogen) atoms. The summed E-state index contributed by atoms with van der Waals surface area (Å²) < 4.78 is 11.1. The molecule has 4 rings (SSSR count). The number of carbonyl (C=O) groups excluding carboxylic acids is 1. The maximum Gasteiger partial charge on any atom is 0.270 e. The van der Waals surface area contributed by atoms with Crippen LogP contribution in [0.4, 0.5) is 5.69 Å². The highest BCUT2D eigenvalue weighted by Gasteiger charge is 2.14. The summed E-state index contributed by atoms with van der Waals surface area (Å²) in [6.45, 7) is -0.184. The largest absolute Gasteiger partial charge is 0.493 e. The SMILES string of the molecule is COc1cc(/C=C(/C#N)c2nc(-c3cccc([N+](=O)[O-])c3)cs2)ccc1OCC(=O)c1ccc(Cl)cc1. The number of non-ortho nitro benzene ring substituents is 1. The van der Waals surface area contributed by atoms with E-state index in [9.17, 15) is 20.2 Å². The molecule has 184 valence electrons. The van der Waals surface area contributed by atoms with E-state index in [1.807, 2.05) is 0 Å². The summed E-state index contributed by atoms with van der Waals surface area (Å²) in [5.74, 6) is 0.562. The minimum atomic E-state index is -0.467. The molecule has 0 aliphatic rings. The lowest BCUT2D eigenvalue weighted by Gasteiger charge is -2.11. The first-order valence-electron chi connectivity index (χ1n) is 10.8. The zero-order chi connectivity index (χ0) is 26.4. The average molecular weight is 532 g/mol. The van der Waals surface area contributed by atoms with Crippen LogP contribution in [-0.4, -0.2) is 29.4 Å². The molecule has 1 aromatic heterocycles. The molecule has 0 aliphatic carbocycles. The van der Waals surface area contributed by atoms with Gasteiger partial charge in [0, 0.05) is 33.7 Å². The van der Waals surface area contributed by atoms with E-state index in [0.29, 0.717) is 49.5 Å². The monoisotopic (exact) mass is 531 g/mol. The Morgan fingerprint density at radius 1 is 1.16 bits per heavy atom. The van der Waals surface area contributed by atoms with Crippen molar-refractivity contribution in [3.05, 3.63) is 103 Å². The maximum absolute atomic E-state index is 12.4. The van der Waals surface area contributed by atoms with Crippen LogP contribution in [0.15, 0.2) is 72.1 Å². The van der Waals surface area contributed by atoms with Gasteiger partial charge in [-0.2, -0.15) is 5.26 Å². The van der Waals surface area contributed by atoms with Crippen molar-refractivity contribution >= 4 is 46.1 Å². The Kier molecular flexibility index (Phi) is 7.93. The highest BCUT2D eigenvalue weighted by molar-refractivity contribution is 7.11. The number of ketones is 1. The van der Waals surface area contributed by atoms with E-state index in [1.54, 1.807) is 66.1 Å². The number of rotatable bonds is 9. The third-order valence-corrected chi connectivity index (χ3v) is 6.36. The van der Waals surface area contributed by atoms with Gasteiger partial charge >= 0.3 is 0 Å². The molecule has 0 saturated heterocycles. The number of nitrogens with zero attached hydrogens (tertiary/aromatic N) is 3. The Bertz CT molecular complexity index is 1540. The van der Waals surface area contributed by atoms with Crippen molar-refractivity contribution in [1.82, 2.24) is 4.98 Å². The minimum absolute atomic E-state index is 0.0348. The molecule has 0 fully saturated rings. The Labute approximate surface area is 221 Å². The summed E-state index contributed by atoms with van der Waals surface area (Å²) in [4.78, 5) is 27.5. The van der Waals surface area contributed by atoms with Crippen molar-refractivity contribution in [2.75, 3.05) is 13.7 Å². The van der Waals surface area contributed by atoms with Crippen LogP contribution < -0.4 is 9.47 Å². The molecule has 0 aliphatic heterocycles. The number of carbonyl (C=O) groups is 1. The normalized spacial score (nSPS) is 11.0. The highest BCUT2D eigenvalue weighted by Crippen LogP contribution is 2.32. The van der Waals surface area contributed by atoms with Crippen LogP contribution in [0.2, 0.25) is 5.02 Å². The fourth-order valence-corrected chi connectivity index (χ4v) is 4.29. The first-order chi connectivity index (χ1) is 17.9. The first kappa shape index (κ1) is 25.6. The number of thiazole rings is 1. The quantitative estimate of drug-likeness (QED) is 0.102. The van der Waals surface area contributed by atoms with Crippen LogP contribution in [0, 0.1) is 21.4 Å². The van der Waals surface area contributed by atoms with E-state index < -0.39 is 4.92 Å². The summed E-state index contributed by atoms with van der Waals surface area (Å²) in [7, 11) is 1.48. The number of benzene rings is 3. The van der Waals surface area contributed by atoms with Crippen LogP contribution in [0.1, 0.15) is 20.9 Å². The molecule has 0 amide bonds. The van der Waals surface area contributed by atoms with Gasteiger partial charge in [0.1, 0.15) is 11.1 Å². The zero-order valence-electron chi connectivity index (χ0n) is 19.4. The first-order valence-corrected chi connectivity index (χ1v) is 12.1. The number of ether oxygens (including phenoxy) is 2.